The highest BCUT2D eigenvalue weighted by atomic mass is 15.1. The number of nitrogens with two attached hydrogens (primary N) is 1. The molecule has 4 nitrogen and oxygen atoms in total. The fraction of sp³-hybridized carbons (Fsp3) is 0.667. The molecule has 0 spiro atoms. The van der Waals surface area contributed by atoms with Crippen molar-refractivity contribution in [1.29, 1.82) is 0 Å². The van der Waals surface area contributed by atoms with Crippen molar-refractivity contribution < 1.29 is 0 Å². The summed E-state index contributed by atoms with van der Waals surface area (Å²) in [5.41, 5.74) is 5.61. The first kappa shape index (κ1) is 11.2. The number of hydrogen-bond donors (Lipinski definition) is 2. The predicted octanol–water partition coefficient (Wildman–Crippen LogP) is 2.30. The molecule has 2 rings (SSSR count). The quantitative estimate of drug-likeness (QED) is 0.820. The van der Waals surface area contributed by atoms with Crippen molar-refractivity contribution in [2.24, 2.45) is 11.8 Å². The number of nitrogen functional groups attached to an aromatic ring is 1. The highest BCUT2D eigenvalue weighted by molar-refractivity contribution is 5.39. The Bertz CT molecular complexity index is 353. The van der Waals surface area contributed by atoms with E-state index in [0.29, 0.717) is 17.8 Å². The van der Waals surface area contributed by atoms with Gasteiger partial charge in [-0.15, -0.1) is 0 Å². The second kappa shape index (κ2) is 4.68. The second-order valence-electron chi connectivity index (χ2n) is 4.68. The molecule has 1 aliphatic carbocycles. The standard InChI is InChI=1S/C12H20N4/c1-3-9-4-5-10(8(9)2)15-12-7-14-6-11(13)16-12/h6-10H,3-5H2,1-2H3,(H3,13,15,16). The van der Waals surface area contributed by atoms with Gasteiger partial charge >= 0.3 is 0 Å². The summed E-state index contributed by atoms with van der Waals surface area (Å²) in [4.78, 5) is 8.27. The van der Waals surface area contributed by atoms with Gasteiger partial charge in [-0.1, -0.05) is 20.3 Å². The number of nitrogens with one attached hydrogen (secondary N) is 1. The van der Waals surface area contributed by atoms with E-state index in [1.165, 1.54) is 19.3 Å². The summed E-state index contributed by atoms with van der Waals surface area (Å²) in [6.07, 6.45) is 7.10. The molecule has 0 radical (unpaired) electrons. The van der Waals surface area contributed by atoms with E-state index in [1.54, 1.807) is 12.4 Å². The van der Waals surface area contributed by atoms with Crippen LogP contribution in [0, 0.1) is 11.8 Å². The molecule has 3 unspecified atom stereocenters. The molecule has 1 saturated carbocycles. The predicted molar refractivity (Wildman–Crippen MR) is 66.0 cm³/mol. The molecular weight excluding hydrogens is 200 g/mol. The molecule has 0 aromatic carbocycles. The zero-order chi connectivity index (χ0) is 11.5. The normalized spacial score (nSPS) is 29.2. The van der Waals surface area contributed by atoms with Crippen molar-refractivity contribution in [3.63, 3.8) is 0 Å². The average molecular weight is 220 g/mol. The Hall–Kier alpha value is -1.32. The molecule has 0 amide bonds. The van der Waals surface area contributed by atoms with Gasteiger partial charge in [-0.2, -0.15) is 0 Å². The Kier molecular flexibility index (Phi) is 3.27. The van der Waals surface area contributed by atoms with Crippen LogP contribution in [0.5, 0.6) is 0 Å². The van der Waals surface area contributed by atoms with Crippen molar-refractivity contribution in [3.8, 4) is 0 Å². The number of aromatic nitrogens is 2. The van der Waals surface area contributed by atoms with Crippen LogP contribution in [0.1, 0.15) is 33.1 Å². The summed E-state index contributed by atoms with van der Waals surface area (Å²) in [6.45, 7) is 4.59. The van der Waals surface area contributed by atoms with Gasteiger partial charge in [0.15, 0.2) is 0 Å². The Morgan fingerprint density at radius 1 is 1.44 bits per heavy atom. The summed E-state index contributed by atoms with van der Waals surface area (Å²) < 4.78 is 0. The minimum atomic E-state index is 0.475. The number of anilines is 2. The van der Waals surface area contributed by atoms with E-state index in [-0.39, 0.29) is 0 Å². The largest absolute Gasteiger partial charge is 0.382 e. The fourth-order valence-electron chi connectivity index (χ4n) is 2.67. The monoisotopic (exact) mass is 220 g/mol. The van der Waals surface area contributed by atoms with Crippen LogP contribution in [0.25, 0.3) is 0 Å². The smallest absolute Gasteiger partial charge is 0.147 e. The summed E-state index contributed by atoms with van der Waals surface area (Å²) in [5, 5.41) is 3.44. The molecule has 1 heterocycles. The molecule has 1 aromatic heterocycles. The highest BCUT2D eigenvalue weighted by Gasteiger charge is 2.31. The number of hydrogen-bond acceptors (Lipinski definition) is 4. The number of rotatable bonds is 3. The Labute approximate surface area is 96.7 Å². The van der Waals surface area contributed by atoms with E-state index in [4.69, 9.17) is 5.73 Å². The molecule has 1 fully saturated rings. The molecule has 4 heteroatoms. The van der Waals surface area contributed by atoms with Crippen molar-refractivity contribution in [1.82, 2.24) is 9.97 Å². The van der Waals surface area contributed by atoms with Crippen LogP contribution < -0.4 is 11.1 Å². The maximum atomic E-state index is 5.61. The summed E-state index contributed by atoms with van der Waals surface area (Å²) >= 11 is 0. The zero-order valence-electron chi connectivity index (χ0n) is 9.98. The van der Waals surface area contributed by atoms with Gasteiger partial charge in [-0.3, -0.25) is 4.98 Å². The maximum Gasteiger partial charge on any atom is 0.147 e. The van der Waals surface area contributed by atoms with Crippen LogP contribution in [0.15, 0.2) is 12.4 Å². The molecule has 1 aromatic rings. The van der Waals surface area contributed by atoms with E-state index in [1.807, 2.05) is 0 Å². The van der Waals surface area contributed by atoms with E-state index in [2.05, 4.69) is 29.1 Å². The lowest BCUT2D eigenvalue weighted by Crippen LogP contribution is -2.25. The third-order valence-electron chi connectivity index (χ3n) is 3.74. The Morgan fingerprint density at radius 3 is 2.88 bits per heavy atom. The van der Waals surface area contributed by atoms with Crippen LogP contribution in [0.2, 0.25) is 0 Å². The van der Waals surface area contributed by atoms with Crippen LogP contribution in [-0.2, 0) is 0 Å². The van der Waals surface area contributed by atoms with Crippen LogP contribution >= 0.6 is 0 Å². The van der Waals surface area contributed by atoms with Crippen molar-refractivity contribution in [2.75, 3.05) is 11.1 Å². The van der Waals surface area contributed by atoms with Gasteiger partial charge in [-0.05, 0) is 24.7 Å². The third-order valence-corrected chi connectivity index (χ3v) is 3.74. The lowest BCUT2D eigenvalue weighted by molar-refractivity contribution is 0.391. The Balaban J connectivity index is 2.00. The average Bonchev–Trinajstić information content (AvgIpc) is 2.60. The van der Waals surface area contributed by atoms with Gasteiger partial charge in [0.1, 0.15) is 11.6 Å². The zero-order valence-corrected chi connectivity index (χ0v) is 9.98. The second-order valence-corrected chi connectivity index (χ2v) is 4.68. The SMILES string of the molecule is CCC1CCC(Nc2cncc(N)n2)C1C. The molecule has 16 heavy (non-hydrogen) atoms. The van der Waals surface area contributed by atoms with E-state index >= 15 is 0 Å². The first-order valence-electron chi connectivity index (χ1n) is 6.04. The van der Waals surface area contributed by atoms with Crippen LogP contribution in [0.4, 0.5) is 11.6 Å². The van der Waals surface area contributed by atoms with Gasteiger partial charge < -0.3 is 11.1 Å². The minimum absolute atomic E-state index is 0.475. The maximum absolute atomic E-state index is 5.61. The molecule has 3 N–H and O–H groups in total. The van der Waals surface area contributed by atoms with Crippen LogP contribution in [0.3, 0.4) is 0 Å². The molecule has 0 aliphatic heterocycles. The van der Waals surface area contributed by atoms with Gasteiger partial charge in [-0.25, -0.2) is 4.98 Å². The van der Waals surface area contributed by atoms with Crippen molar-refractivity contribution >= 4 is 11.6 Å². The van der Waals surface area contributed by atoms with Gasteiger partial charge in [0.25, 0.3) is 0 Å². The first-order chi connectivity index (χ1) is 7.70. The molecular formula is C12H20N4. The van der Waals surface area contributed by atoms with E-state index in [0.717, 1.165) is 11.7 Å². The van der Waals surface area contributed by atoms with E-state index in [9.17, 15) is 0 Å². The van der Waals surface area contributed by atoms with Crippen molar-refractivity contribution in [3.05, 3.63) is 12.4 Å². The lowest BCUT2D eigenvalue weighted by Gasteiger charge is -2.21. The molecule has 3 atom stereocenters. The third kappa shape index (κ3) is 2.26. The van der Waals surface area contributed by atoms with Gasteiger partial charge in [0.05, 0.1) is 12.4 Å². The van der Waals surface area contributed by atoms with Gasteiger partial charge in [0.2, 0.25) is 0 Å². The van der Waals surface area contributed by atoms with Crippen LogP contribution in [-0.4, -0.2) is 16.0 Å². The highest BCUT2D eigenvalue weighted by Crippen LogP contribution is 2.35. The first-order valence-corrected chi connectivity index (χ1v) is 6.04. The summed E-state index contributed by atoms with van der Waals surface area (Å²) in [5.74, 6) is 2.82. The summed E-state index contributed by atoms with van der Waals surface area (Å²) in [6, 6.07) is 0.515. The number of nitrogens with zero attached hydrogens (tertiary/aromatic N) is 2. The lowest BCUT2D eigenvalue weighted by atomic mass is 9.93. The molecule has 1 aliphatic rings. The van der Waals surface area contributed by atoms with Gasteiger partial charge in [0, 0.05) is 6.04 Å². The Morgan fingerprint density at radius 2 is 2.25 bits per heavy atom. The fourth-order valence-corrected chi connectivity index (χ4v) is 2.67. The van der Waals surface area contributed by atoms with E-state index < -0.39 is 0 Å². The minimum Gasteiger partial charge on any atom is -0.382 e. The summed E-state index contributed by atoms with van der Waals surface area (Å²) in [7, 11) is 0. The molecule has 0 bridgehead atoms. The molecule has 88 valence electrons. The molecule has 0 saturated heterocycles. The van der Waals surface area contributed by atoms with Crippen molar-refractivity contribution in [2.45, 2.75) is 39.2 Å². The topological polar surface area (TPSA) is 63.8 Å².